The van der Waals surface area contributed by atoms with Gasteiger partial charge in [-0.15, -0.1) is 0 Å². The predicted octanol–water partition coefficient (Wildman–Crippen LogP) is 2.22. The van der Waals surface area contributed by atoms with Crippen molar-refractivity contribution >= 4 is 12.6 Å². The Kier molecular flexibility index (Phi) is 6.24. The zero-order valence-corrected chi connectivity index (χ0v) is 8.03. The van der Waals surface area contributed by atoms with E-state index in [1.54, 1.807) is 0 Å². The van der Waals surface area contributed by atoms with Crippen LogP contribution < -0.4 is 0 Å². The van der Waals surface area contributed by atoms with E-state index >= 15 is 0 Å². The molecule has 0 aliphatic heterocycles. The molecule has 0 aromatic heterocycles. The van der Waals surface area contributed by atoms with E-state index in [0.717, 1.165) is 19.0 Å². The first-order valence-corrected chi connectivity index (χ1v) is 4.54. The van der Waals surface area contributed by atoms with Crippen molar-refractivity contribution in [3.63, 3.8) is 0 Å². The Morgan fingerprint density at radius 1 is 1.40 bits per heavy atom. The number of hydrogen-bond donors (Lipinski definition) is 1. The summed E-state index contributed by atoms with van der Waals surface area (Å²) in [6.07, 6.45) is 0. The maximum absolute atomic E-state index is 5.30. The lowest BCUT2D eigenvalue weighted by Gasteiger charge is -2.17. The van der Waals surface area contributed by atoms with E-state index < -0.39 is 0 Å². The fourth-order valence-electron chi connectivity index (χ4n) is 0.725. The molecule has 0 radical (unpaired) electrons. The average molecular weight is 162 g/mol. The molecule has 10 heavy (non-hydrogen) atoms. The molecule has 1 atom stereocenters. The van der Waals surface area contributed by atoms with E-state index in [2.05, 4.69) is 26.5 Å². The molecule has 0 bridgehead atoms. The maximum atomic E-state index is 5.30. The largest absolute Gasteiger partial charge is 0.381 e. The summed E-state index contributed by atoms with van der Waals surface area (Å²) >= 11 is 4.25. The first-order chi connectivity index (χ1) is 4.72. The third kappa shape index (κ3) is 4.18. The van der Waals surface area contributed by atoms with Gasteiger partial charge in [0.1, 0.15) is 0 Å². The fourth-order valence-corrected chi connectivity index (χ4v) is 1.25. The van der Waals surface area contributed by atoms with Crippen molar-refractivity contribution in [2.45, 2.75) is 20.8 Å². The summed E-state index contributed by atoms with van der Waals surface area (Å²) < 4.78 is 5.30. The second-order valence-electron chi connectivity index (χ2n) is 2.85. The molecular weight excluding hydrogens is 144 g/mol. The van der Waals surface area contributed by atoms with Crippen LogP contribution in [0.4, 0.5) is 0 Å². The minimum atomic E-state index is 0.614. The van der Waals surface area contributed by atoms with Gasteiger partial charge >= 0.3 is 0 Å². The molecule has 0 aliphatic carbocycles. The van der Waals surface area contributed by atoms with Crippen LogP contribution in [-0.2, 0) is 4.74 Å². The van der Waals surface area contributed by atoms with Crippen LogP contribution in [0.1, 0.15) is 20.8 Å². The van der Waals surface area contributed by atoms with Gasteiger partial charge < -0.3 is 4.74 Å². The first-order valence-electron chi connectivity index (χ1n) is 3.91. The Morgan fingerprint density at radius 2 is 2.00 bits per heavy atom. The molecule has 0 heterocycles. The van der Waals surface area contributed by atoms with Gasteiger partial charge in [0.2, 0.25) is 0 Å². The number of thiol groups is 1. The molecule has 0 saturated heterocycles. The second kappa shape index (κ2) is 6.05. The van der Waals surface area contributed by atoms with Gasteiger partial charge in [-0.3, -0.25) is 0 Å². The Morgan fingerprint density at radius 3 is 2.30 bits per heavy atom. The lowest BCUT2D eigenvalue weighted by molar-refractivity contribution is 0.102. The van der Waals surface area contributed by atoms with Crippen LogP contribution >= 0.6 is 12.6 Å². The van der Waals surface area contributed by atoms with Crippen LogP contribution in [0.3, 0.4) is 0 Å². The molecule has 0 amide bonds. The van der Waals surface area contributed by atoms with Crippen LogP contribution in [0.5, 0.6) is 0 Å². The van der Waals surface area contributed by atoms with Crippen LogP contribution in [0.2, 0.25) is 0 Å². The van der Waals surface area contributed by atoms with Gasteiger partial charge in [-0.25, -0.2) is 0 Å². The molecule has 0 aromatic rings. The van der Waals surface area contributed by atoms with Gasteiger partial charge in [-0.1, -0.05) is 13.8 Å². The topological polar surface area (TPSA) is 9.23 Å². The predicted molar refractivity (Wildman–Crippen MR) is 48.7 cm³/mol. The van der Waals surface area contributed by atoms with Gasteiger partial charge in [0.05, 0.1) is 6.61 Å². The molecule has 0 spiro atoms. The SMILES string of the molecule is CCOCC(CS)C(C)C. The Balaban J connectivity index is 3.40. The standard InChI is InChI=1S/C8H18OS/c1-4-9-5-8(6-10)7(2)3/h7-8,10H,4-6H2,1-3H3. The molecule has 1 unspecified atom stereocenters. The summed E-state index contributed by atoms with van der Waals surface area (Å²) in [6, 6.07) is 0. The van der Waals surface area contributed by atoms with E-state index in [0.29, 0.717) is 11.8 Å². The van der Waals surface area contributed by atoms with E-state index in [1.165, 1.54) is 0 Å². The van der Waals surface area contributed by atoms with Gasteiger partial charge in [-0.05, 0) is 24.5 Å². The fraction of sp³-hybridized carbons (Fsp3) is 1.00. The van der Waals surface area contributed by atoms with Crippen molar-refractivity contribution in [1.29, 1.82) is 0 Å². The van der Waals surface area contributed by atoms with Crippen molar-refractivity contribution < 1.29 is 4.74 Å². The molecule has 62 valence electrons. The monoisotopic (exact) mass is 162 g/mol. The first kappa shape index (κ1) is 10.3. The van der Waals surface area contributed by atoms with Crippen molar-refractivity contribution in [3.05, 3.63) is 0 Å². The highest BCUT2D eigenvalue weighted by Crippen LogP contribution is 2.12. The van der Waals surface area contributed by atoms with Crippen LogP contribution in [-0.4, -0.2) is 19.0 Å². The summed E-state index contributed by atoms with van der Waals surface area (Å²) in [5.74, 6) is 2.23. The van der Waals surface area contributed by atoms with E-state index in [9.17, 15) is 0 Å². The minimum absolute atomic E-state index is 0.614. The molecule has 0 aliphatic rings. The molecule has 2 heteroatoms. The lowest BCUT2D eigenvalue weighted by atomic mass is 9.99. The van der Waals surface area contributed by atoms with Crippen molar-refractivity contribution in [2.24, 2.45) is 11.8 Å². The van der Waals surface area contributed by atoms with E-state index in [-0.39, 0.29) is 0 Å². The van der Waals surface area contributed by atoms with Crippen molar-refractivity contribution in [3.8, 4) is 0 Å². The number of hydrogen-bond acceptors (Lipinski definition) is 2. The van der Waals surface area contributed by atoms with Crippen LogP contribution in [0.25, 0.3) is 0 Å². The smallest absolute Gasteiger partial charge is 0.0504 e. The molecule has 1 nitrogen and oxygen atoms in total. The van der Waals surface area contributed by atoms with Crippen LogP contribution in [0.15, 0.2) is 0 Å². The van der Waals surface area contributed by atoms with Crippen molar-refractivity contribution in [1.82, 2.24) is 0 Å². The molecule has 0 aromatic carbocycles. The van der Waals surface area contributed by atoms with E-state index in [1.807, 2.05) is 6.92 Å². The summed E-state index contributed by atoms with van der Waals surface area (Å²) in [7, 11) is 0. The van der Waals surface area contributed by atoms with Gasteiger partial charge in [-0.2, -0.15) is 12.6 Å². The summed E-state index contributed by atoms with van der Waals surface area (Å²) in [5.41, 5.74) is 0. The highest BCUT2D eigenvalue weighted by atomic mass is 32.1. The van der Waals surface area contributed by atoms with Crippen molar-refractivity contribution in [2.75, 3.05) is 19.0 Å². The molecule has 0 N–H and O–H groups in total. The van der Waals surface area contributed by atoms with Crippen LogP contribution in [0, 0.1) is 11.8 Å². The lowest BCUT2D eigenvalue weighted by Crippen LogP contribution is -2.17. The molecule has 0 fully saturated rings. The third-order valence-electron chi connectivity index (χ3n) is 1.71. The number of rotatable bonds is 5. The summed E-state index contributed by atoms with van der Waals surface area (Å²) in [4.78, 5) is 0. The normalized spacial score (nSPS) is 14.1. The highest BCUT2D eigenvalue weighted by Gasteiger charge is 2.10. The highest BCUT2D eigenvalue weighted by molar-refractivity contribution is 7.80. The summed E-state index contributed by atoms with van der Waals surface area (Å²) in [5, 5.41) is 0. The van der Waals surface area contributed by atoms with Gasteiger partial charge in [0.15, 0.2) is 0 Å². The number of ether oxygens (including phenoxy) is 1. The average Bonchev–Trinajstić information content (AvgIpc) is 1.89. The Labute approximate surface area is 69.6 Å². The minimum Gasteiger partial charge on any atom is -0.381 e. The van der Waals surface area contributed by atoms with Gasteiger partial charge in [0, 0.05) is 6.61 Å². The molecular formula is C8H18OS. The maximum Gasteiger partial charge on any atom is 0.0504 e. The molecule has 0 saturated carbocycles. The van der Waals surface area contributed by atoms with Gasteiger partial charge in [0.25, 0.3) is 0 Å². The van der Waals surface area contributed by atoms with E-state index in [4.69, 9.17) is 4.74 Å². The second-order valence-corrected chi connectivity index (χ2v) is 3.21. The Bertz CT molecular complexity index is 73.7. The zero-order valence-electron chi connectivity index (χ0n) is 7.13. The quantitative estimate of drug-likeness (QED) is 0.610. The summed E-state index contributed by atoms with van der Waals surface area (Å²) in [6.45, 7) is 8.12. The third-order valence-corrected chi connectivity index (χ3v) is 2.18. The zero-order chi connectivity index (χ0) is 7.98. The molecule has 0 rings (SSSR count). The Hall–Kier alpha value is 0.310.